The van der Waals surface area contributed by atoms with Gasteiger partial charge in [-0.2, -0.15) is 0 Å². The highest BCUT2D eigenvalue weighted by Crippen LogP contribution is 2.05. The topological polar surface area (TPSA) is 92.4 Å². The minimum absolute atomic E-state index is 0.498. The number of para-hydroxylation sites is 1. The molecule has 1 aromatic carbocycles. The average molecular weight is 194 g/mol. The zero-order valence-corrected chi connectivity index (χ0v) is 7.31. The lowest BCUT2D eigenvalue weighted by Gasteiger charge is -2.07. The maximum atomic E-state index is 11.1. The molecular formula is C9H10N2O3. The molecule has 5 nitrogen and oxygen atoms in total. The second kappa shape index (κ2) is 4.38. The first kappa shape index (κ1) is 10.2. The fraction of sp³-hybridized carbons (Fsp3) is 0.111. The SMILES string of the molecule is NC(=O)C(O)C(=O)Nc1ccccc1. The Labute approximate surface area is 80.5 Å². The number of hydrogen-bond donors (Lipinski definition) is 3. The van der Waals surface area contributed by atoms with Crippen molar-refractivity contribution in [3.63, 3.8) is 0 Å². The summed E-state index contributed by atoms with van der Waals surface area (Å²) in [7, 11) is 0. The summed E-state index contributed by atoms with van der Waals surface area (Å²) in [5, 5.41) is 11.3. The van der Waals surface area contributed by atoms with Crippen LogP contribution in [0.3, 0.4) is 0 Å². The average Bonchev–Trinajstić information content (AvgIpc) is 2.18. The van der Waals surface area contributed by atoms with E-state index in [4.69, 9.17) is 10.8 Å². The van der Waals surface area contributed by atoms with Crippen molar-refractivity contribution in [3.05, 3.63) is 30.3 Å². The number of benzene rings is 1. The highest BCUT2D eigenvalue weighted by Gasteiger charge is 2.20. The molecule has 0 aromatic heterocycles. The standard InChI is InChI=1S/C9H10N2O3/c10-8(13)7(12)9(14)11-6-4-2-1-3-5-6/h1-5,7,12H,(H2,10,13)(H,11,14). The van der Waals surface area contributed by atoms with Crippen molar-refractivity contribution in [2.24, 2.45) is 5.73 Å². The van der Waals surface area contributed by atoms with Gasteiger partial charge >= 0.3 is 0 Å². The Hall–Kier alpha value is -1.88. The van der Waals surface area contributed by atoms with Gasteiger partial charge in [0.1, 0.15) is 0 Å². The summed E-state index contributed by atoms with van der Waals surface area (Å²) in [6, 6.07) is 8.47. The van der Waals surface area contributed by atoms with Gasteiger partial charge in [-0.3, -0.25) is 9.59 Å². The molecule has 1 aromatic rings. The van der Waals surface area contributed by atoms with Crippen LogP contribution in [0.1, 0.15) is 0 Å². The second-order valence-electron chi connectivity index (χ2n) is 2.66. The molecule has 5 heteroatoms. The smallest absolute Gasteiger partial charge is 0.263 e. The number of anilines is 1. The molecule has 0 spiro atoms. The van der Waals surface area contributed by atoms with Gasteiger partial charge in [-0.15, -0.1) is 0 Å². The fourth-order valence-corrected chi connectivity index (χ4v) is 0.861. The van der Waals surface area contributed by atoms with E-state index in [2.05, 4.69) is 5.32 Å². The molecule has 74 valence electrons. The molecule has 0 saturated carbocycles. The highest BCUT2D eigenvalue weighted by molar-refractivity contribution is 6.08. The number of carbonyl (C=O) groups is 2. The number of nitrogens with two attached hydrogens (primary N) is 1. The largest absolute Gasteiger partial charge is 0.375 e. The van der Waals surface area contributed by atoms with Gasteiger partial charge in [0.05, 0.1) is 0 Å². The van der Waals surface area contributed by atoms with Crippen LogP contribution in [0.5, 0.6) is 0 Å². The van der Waals surface area contributed by atoms with Crippen LogP contribution in [0.15, 0.2) is 30.3 Å². The third-order valence-electron chi connectivity index (χ3n) is 1.56. The third kappa shape index (κ3) is 2.56. The van der Waals surface area contributed by atoms with E-state index in [1.54, 1.807) is 30.3 Å². The maximum absolute atomic E-state index is 11.1. The van der Waals surface area contributed by atoms with Crippen LogP contribution in [-0.2, 0) is 9.59 Å². The number of nitrogens with one attached hydrogen (secondary N) is 1. The summed E-state index contributed by atoms with van der Waals surface area (Å²) in [5.41, 5.74) is 5.24. The highest BCUT2D eigenvalue weighted by atomic mass is 16.3. The van der Waals surface area contributed by atoms with E-state index in [1.165, 1.54) is 0 Å². The minimum atomic E-state index is -1.81. The number of primary amides is 1. The Bertz CT molecular complexity index is 337. The molecule has 0 heterocycles. The minimum Gasteiger partial charge on any atom is -0.375 e. The molecule has 0 saturated heterocycles. The van der Waals surface area contributed by atoms with Crippen LogP contribution >= 0.6 is 0 Å². The lowest BCUT2D eigenvalue weighted by Crippen LogP contribution is -2.39. The molecule has 0 aliphatic carbocycles. The number of aliphatic hydroxyl groups is 1. The van der Waals surface area contributed by atoms with Crippen molar-refractivity contribution in [2.45, 2.75) is 6.10 Å². The first-order valence-electron chi connectivity index (χ1n) is 3.94. The summed E-state index contributed by atoms with van der Waals surface area (Å²) in [6.45, 7) is 0. The predicted octanol–water partition coefficient (Wildman–Crippen LogP) is -0.529. The van der Waals surface area contributed by atoms with Gasteiger partial charge < -0.3 is 16.2 Å². The summed E-state index contributed by atoms with van der Waals surface area (Å²) >= 11 is 0. The first-order chi connectivity index (χ1) is 6.61. The van der Waals surface area contributed by atoms with Gasteiger partial charge in [0.15, 0.2) is 0 Å². The van der Waals surface area contributed by atoms with Crippen LogP contribution in [-0.4, -0.2) is 23.0 Å². The molecule has 1 atom stereocenters. The van der Waals surface area contributed by atoms with E-state index in [0.29, 0.717) is 5.69 Å². The van der Waals surface area contributed by atoms with E-state index >= 15 is 0 Å². The van der Waals surface area contributed by atoms with Crippen LogP contribution in [0.4, 0.5) is 5.69 Å². The molecule has 4 N–H and O–H groups in total. The van der Waals surface area contributed by atoms with Crippen molar-refractivity contribution in [1.29, 1.82) is 0 Å². The molecule has 1 rings (SSSR count). The van der Waals surface area contributed by atoms with E-state index in [1.807, 2.05) is 0 Å². The summed E-state index contributed by atoms with van der Waals surface area (Å²) in [4.78, 5) is 21.5. The molecule has 0 aliphatic rings. The van der Waals surface area contributed by atoms with Crippen LogP contribution in [0, 0.1) is 0 Å². The fourth-order valence-electron chi connectivity index (χ4n) is 0.861. The molecule has 14 heavy (non-hydrogen) atoms. The quantitative estimate of drug-likeness (QED) is 0.565. The zero-order valence-electron chi connectivity index (χ0n) is 7.31. The Balaban J connectivity index is 2.62. The van der Waals surface area contributed by atoms with Gasteiger partial charge in [-0.05, 0) is 12.1 Å². The van der Waals surface area contributed by atoms with Gasteiger partial charge in [0.25, 0.3) is 11.8 Å². The van der Waals surface area contributed by atoms with Crippen molar-refractivity contribution in [2.75, 3.05) is 5.32 Å². The van der Waals surface area contributed by atoms with Gasteiger partial charge in [0.2, 0.25) is 6.10 Å². The summed E-state index contributed by atoms with van der Waals surface area (Å²) in [6.07, 6.45) is -1.81. The molecule has 0 bridgehead atoms. The van der Waals surface area contributed by atoms with Gasteiger partial charge in [-0.25, -0.2) is 0 Å². The molecule has 0 fully saturated rings. The Morgan fingerprint density at radius 3 is 2.36 bits per heavy atom. The number of aliphatic hydroxyl groups excluding tert-OH is 1. The van der Waals surface area contributed by atoms with Crippen LogP contribution in [0.2, 0.25) is 0 Å². The monoisotopic (exact) mass is 194 g/mol. The summed E-state index contributed by atoms with van der Waals surface area (Å²) in [5.74, 6) is -1.90. The second-order valence-corrected chi connectivity index (χ2v) is 2.66. The van der Waals surface area contributed by atoms with E-state index in [9.17, 15) is 9.59 Å². The van der Waals surface area contributed by atoms with Gasteiger partial charge in [-0.1, -0.05) is 18.2 Å². The number of amides is 2. The van der Waals surface area contributed by atoms with Crippen molar-refractivity contribution < 1.29 is 14.7 Å². The lowest BCUT2D eigenvalue weighted by molar-refractivity contribution is -0.136. The predicted molar refractivity (Wildman–Crippen MR) is 50.3 cm³/mol. The number of carbonyl (C=O) groups excluding carboxylic acids is 2. The Morgan fingerprint density at radius 1 is 1.29 bits per heavy atom. The third-order valence-corrected chi connectivity index (χ3v) is 1.56. The van der Waals surface area contributed by atoms with E-state index in [0.717, 1.165) is 0 Å². The van der Waals surface area contributed by atoms with E-state index in [-0.39, 0.29) is 0 Å². The Kier molecular flexibility index (Phi) is 3.19. The molecule has 2 amide bonds. The van der Waals surface area contributed by atoms with Crippen molar-refractivity contribution in [1.82, 2.24) is 0 Å². The number of hydrogen-bond acceptors (Lipinski definition) is 3. The van der Waals surface area contributed by atoms with Crippen molar-refractivity contribution in [3.8, 4) is 0 Å². The number of rotatable bonds is 3. The molecule has 0 aliphatic heterocycles. The van der Waals surface area contributed by atoms with Crippen LogP contribution in [0.25, 0.3) is 0 Å². The Morgan fingerprint density at radius 2 is 1.86 bits per heavy atom. The molecular weight excluding hydrogens is 184 g/mol. The van der Waals surface area contributed by atoms with E-state index < -0.39 is 17.9 Å². The molecule has 1 unspecified atom stereocenters. The first-order valence-corrected chi connectivity index (χ1v) is 3.94. The normalized spacial score (nSPS) is 11.8. The summed E-state index contributed by atoms with van der Waals surface area (Å²) < 4.78 is 0. The molecule has 0 radical (unpaired) electrons. The van der Waals surface area contributed by atoms with Gasteiger partial charge in [0, 0.05) is 5.69 Å². The van der Waals surface area contributed by atoms with Crippen LogP contribution < -0.4 is 11.1 Å². The zero-order chi connectivity index (χ0) is 10.6. The lowest BCUT2D eigenvalue weighted by atomic mass is 10.3. The maximum Gasteiger partial charge on any atom is 0.263 e. The van der Waals surface area contributed by atoms with Crippen molar-refractivity contribution >= 4 is 17.5 Å².